The highest BCUT2D eigenvalue weighted by atomic mass is 16.6. The number of carbonyl (C=O) groups is 4. The van der Waals surface area contributed by atoms with Crippen LogP contribution in [0.3, 0.4) is 0 Å². The predicted molar refractivity (Wildman–Crippen MR) is 243 cm³/mol. The number of unbranched alkanes of at least 4 members (excludes halogenated alkanes) is 6. The minimum absolute atomic E-state index is 0.0656. The number of fused-ring (bicyclic) bond motifs is 1. The van der Waals surface area contributed by atoms with E-state index in [-0.39, 0.29) is 24.0 Å². The molecule has 4 amide bonds. The van der Waals surface area contributed by atoms with Crippen LogP contribution >= 0.6 is 0 Å². The molecule has 1 unspecified atom stereocenters. The van der Waals surface area contributed by atoms with E-state index < -0.39 is 29.7 Å². The van der Waals surface area contributed by atoms with E-state index in [2.05, 4.69) is 29.7 Å². The van der Waals surface area contributed by atoms with Gasteiger partial charge in [-0.25, -0.2) is 0 Å². The molecular weight excluding hydrogens is 843 g/mol. The number of benzene rings is 2. The van der Waals surface area contributed by atoms with E-state index in [9.17, 15) is 19.2 Å². The smallest absolute Gasteiger partial charge is 0.264 e. The van der Waals surface area contributed by atoms with Gasteiger partial charge in [-0.2, -0.15) is 0 Å². The molecule has 0 bridgehead atoms. The van der Waals surface area contributed by atoms with E-state index in [0.717, 1.165) is 17.1 Å². The van der Waals surface area contributed by atoms with E-state index in [1.807, 2.05) is 12.1 Å². The molecule has 17 heteroatoms. The largest absolute Gasteiger partial charge is 0.491 e. The van der Waals surface area contributed by atoms with Crippen molar-refractivity contribution in [3.63, 3.8) is 0 Å². The van der Waals surface area contributed by atoms with Crippen LogP contribution < -0.4 is 15.4 Å². The molecule has 0 aliphatic carbocycles. The van der Waals surface area contributed by atoms with Crippen molar-refractivity contribution < 1.29 is 66.5 Å². The molecule has 65 heavy (non-hydrogen) atoms. The van der Waals surface area contributed by atoms with Crippen LogP contribution in [0.5, 0.6) is 5.75 Å². The highest BCUT2D eigenvalue weighted by molar-refractivity contribution is 6.25. The van der Waals surface area contributed by atoms with E-state index in [1.165, 1.54) is 50.5 Å². The maximum atomic E-state index is 13.2. The molecule has 4 rings (SSSR count). The minimum Gasteiger partial charge on any atom is -0.491 e. The van der Waals surface area contributed by atoms with Crippen LogP contribution in [0.2, 0.25) is 0 Å². The zero-order valence-corrected chi connectivity index (χ0v) is 38.5. The van der Waals surface area contributed by atoms with Crippen LogP contribution in [0, 0.1) is 0 Å². The summed E-state index contributed by atoms with van der Waals surface area (Å²) >= 11 is 0. The number of imide groups is 2. The predicted octanol–water partition coefficient (Wildman–Crippen LogP) is 5.02. The quantitative estimate of drug-likeness (QED) is 0.0668. The number of anilines is 1. The van der Waals surface area contributed by atoms with Gasteiger partial charge in [0.2, 0.25) is 11.8 Å². The first kappa shape index (κ1) is 53.6. The molecule has 0 radical (unpaired) electrons. The maximum absolute atomic E-state index is 13.2. The third kappa shape index (κ3) is 21.9. The molecule has 2 aromatic carbocycles. The lowest BCUT2D eigenvalue weighted by Crippen LogP contribution is -2.54. The zero-order chi connectivity index (χ0) is 46.0. The summed E-state index contributed by atoms with van der Waals surface area (Å²) in [6, 6.07) is 12.3. The first-order valence-electron chi connectivity index (χ1n) is 23.5. The average Bonchev–Trinajstić information content (AvgIpc) is 3.56. The van der Waals surface area contributed by atoms with Crippen molar-refractivity contribution in [1.29, 1.82) is 0 Å². The van der Waals surface area contributed by atoms with Gasteiger partial charge >= 0.3 is 0 Å². The van der Waals surface area contributed by atoms with E-state index >= 15 is 0 Å². The maximum Gasteiger partial charge on any atom is 0.264 e. The molecule has 1 saturated heterocycles. The fourth-order valence-electron chi connectivity index (χ4n) is 7.04. The van der Waals surface area contributed by atoms with Crippen LogP contribution in [0.4, 0.5) is 5.69 Å². The number of piperidine rings is 1. The molecule has 2 aliphatic rings. The van der Waals surface area contributed by atoms with Crippen LogP contribution in [0.15, 0.2) is 42.5 Å². The van der Waals surface area contributed by atoms with Crippen molar-refractivity contribution in [1.82, 2.24) is 10.2 Å². The van der Waals surface area contributed by atoms with Crippen molar-refractivity contribution in [3.05, 3.63) is 59.2 Å². The molecule has 0 saturated carbocycles. The minimum atomic E-state index is -1.01. The van der Waals surface area contributed by atoms with Crippen molar-refractivity contribution in [3.8, 4) is 5.75 Å². The lowest BCUT2D eigenvalue weighted by molar-refractivity contribution is -0.136. The van der Waals surface area contributed by atoms with E-state index in [4.69, 9.17) is 47.4 Å². The van der Waals surface area contributed by atoms with Crippen molar-refractivity contribution in [2.75, 3.05) is 137 Å². The first-order valence-corrected chi connectivity index (χ1v) is 23.5. The Morgan fingerprint density at radius 3 is 1.54 bits per heavy atom. The summed E-state index contributed by atoms with van der Waals surface area (Å²) in [5.41, 5.74) is 2.28. The third-order valence-electron chi connectivity index (χ3n) is 10.5. The molecule has 364 valence electrons. The van der Waals surface area contributed by atoms with Crippen molar-refractivity contribution >= 4 is 29.3 Å². The Morgan fingerprint density at radius 1 is 0.554 bits per heavy atom. The van der Waals surface area contributed by atoms with Gasteiger partial charge in [-0.1, -0.05) is 63.6 Å². The molecule has 1 atom stereocenters. The molecule has 2 aromatic rings. The Hall–Kier alpha value is -4.04. The number of rotatable bonds is 41. The Morgan fingerprint density at radius 2 is 1.03 bits per heavy atom. The topological polar surface area (TPSA) is 188 Å². The Bertz CT molecular complexity index is 1630. The SMILES string of the molecule is CCCCCCCCCc1ccc(OCCOCCOCCOCCOCCOCCOCCOCCOCCOCCNc2cccc3c2C(=O)N(C2CCC(=O)NC2=O)C3=O)cc1. The Balaban J connectivity index is 0.813. The monoisotopic (exact) mass is 916 g/mol. The number of amides is 4. The molecule has 17 nitrogen and oxygen atoms in total. The highest BCUT2D eigenvalue weighted by Gasteiger charge is 2.45. The van der Waals surface area contributed by atoms with E-state index in [0.29, 0.717) is 138 Å². The first-order chi connectivity index (χ1) is 32.0. The summed E-state index contributed by atoms with van der Waals surface area (Å²) in [4.78, 5) is 51.0. The highest BCUT2D eigenvalue weighted by Crippen LogP contribution is 2.32. The summed E-state index contributed by atoms with van der Waals surface area (Å²) in [6.07, 6.45) is 10.6. The second kappa shape index (κ2) is 34.3. The molecule has 2 heterocycles. The summed E-state index contributed by atoms with van der Waals surface area (Å²) in [5.74, 6) is -1.29. The molecule has 2 N–H and O–H groups in total. The van der Waals surface area contributed by atoms with Gasteiger partial charge in [0, 0.05) is 18.7 Å². The fourth-order valence-corrected chi connectivity index (χ4v) is 7.04. The third-order valence-corrected chi connectivity index (χ3v) is 10.5. The van der Waals surface area contributed by atoms with Gasteiger partial charge in [-0.3, -0.25) is 29.4 Å². The van der Waals surface area contributed by atoms with Crippen LogP contribution in [0.1, 0.15) is 91.0 Å². The van der Waals surface area contributed by atoms with Crippen molar-refractivity contribution in [2.45, 2.75) is 77.2 Å². The summed E-state index contributed by atoms with van der Waals surface area (Å²) < 4.78 is 55.7. The number of hydrogen-bond acceptors (Lipinski definition) is 15. The van der Waals surface area contributed by atoms with Gasteiger partial charge in [0.05, 0.1) is 130 Å². The van der Waals surface area contributed by atoms with Crippen LogP contribution in [-0.2, 0) is 58.6 Å². The summed E-state index contributed by atoms with van der Waals surface area (Å²) in [5, 5.41) is 5.34. The van der Waals surface area contributed by atoms with Crippen LogP contribution in [-0.4, -0.2) is 167 Å². The van der Waals surface area contributed by atoms with Gasteiger partial charge in [0.25, 0.3) is 11.8 Å². The zero-order valence-electron chi connectivity index (χ0n) is 38.5. The number of aryl methyl sites for hydroxylation is 1. The van der Waals surface area contributed by atoms with E-state index in [1.54, 1.807) is 18.2 Å². The number of ether oxygens (including phenoxy) is 10. The van der Waals surface area contributed by atoms with Gasteiger partial charge in [0.15, 0.2) is 0 Å². The molecule has 2 aliphatic heterocycles. The average molecular weight is 916 g/mol. The fraction of sp³-hybridized carbons (Fsp3) is 0.667. The molecule has 0 aromatic heterocycles. The summed E-state index contributed by atoms with van der Waals surface area (Å²) in [6.45, 7) is 11.4. The van der Waals surface area contributed by atoms with Crippen LogP contribution in [0.25, 0.3) is 0 Å². The van der Waals surface area contributed by atoms with Crippen molar-refractivity contribution in [2.24, 2.45) is 0 Å². The normalized spacial score (nSPS) is 14.9. The lowest BCUT2D eigenvalue weighted by Gasteiger charge is -2.27. The number of hydrogen-bond donors (Lipinski definition) is 2. The number of nitrogens with one attached hydrogen (secondary N) is 2. The van der Waals surface area contributed by atoms with Gasteiger partial charge in [-0.05, 0) is 49.1 Å². The standard InChI is InChI=1S/C48H73N3O14/c1-2-3-4-5-6-7-8-10-39-13-15-40(16-14-39)65-38-37-64-36-35-63-34-33-62-32-31-61-30-29-60-28-27-59-26-25-58-24-23-57-22-21-56-20-19-49-42-12-9-11-41-45(42)48(55)51(47(41)54)43-17-18-44(52)50-46(43)53/h9,11-16,43,49H,2-8,10,17-38H2,1H3,(H,50,52,53). The summed E-state index contributed by atoms with van der Waals surface area (Å²) in [7, 11) is 0. The Kier molecular flexibility index (Phi) is 28.3. The van der Waals surface area contributed by atoms with Gasteiger partial charge in [0.1, 0.15) is 18.4 Å². The number of carbonyl (C=O) groups excluding carboxylic acids is 4. The second-order valence-electron chi connectivity index (χ2n) is 15.5. The van der Waals surface area contributed by atoms with Gasteiger partial charge < -0.3 is 52.7 Å². The molecule has 1 fully saturated rings. The second-order valence-corrected chi connectivity index (χ2v) is 15.5. The number of nitrogens with zero attached hydrogens (tertiary/aromatic N) is 1. The Labute approximate surface area is 384 Å². The molecule has 0 spiro atoms. The van der Waals surface area contributed by atoms with Gasteiger partial charge in [-0.15, -0.1) is 0 Å². The molecular formula is C48H73N3O14. The lowest BCUT2D eigenvalue weighted by atomic mass is 10.0.